The zero-order valence-corrected chi connectivity index (χ0v) is 19.6. The number of ether oxygens (including phenoxy) is 2. The summed E-state index contributed by atoms with van der Waals surface area (Å²) in [4.78, 5) is 17.7. The van der Waals surface area contributed by atoms with Crippen molar-refractivity contribution in [2.24, 2.45) is 5.92 Å². The number of aromatic nitrogens is 1. The SMILES string of the molecule is Cc1ccc(S(=O)(=O)N2CCCC(C(=O)Nc3nc(-c4ccc5c(c4)OCO5)cs3)C2)cc1. The van der Waals surface area contributed by atoms with Crippen LogP contribution >= 0.6 is 11.3 Å². The van der Waals surface area contributed by atoms with Gasteiger partial charge in [-0.2, -0.15) is 4.31 Å². The highest BCUT2D eigenvalue weighted by Gasteiger charge is 2.33. The first-order valence-corrected chi connectivity index (χ1v) is 13.0. The summed E-state index contributed by atoms with van der Waals surface area (Å²) in [6, 6.07) is 12.4. The van der Waals surface area contributed by atoms with Crippen LogP contribution in [0.4, 0.5) is 5.13 Å². The molecule has 1 N–H and O–H groups in total. The third-order valence-corrected chi connectivity index (χ3v) is 8.45. The molecule has 5 rings (SSSR count). The summed E-state index contributed by atoms with van der Waals surface area (Å²) in [5, 5.41) is 5.21. The molecule has 1 amide bonds. The van der Waals surface area contributed by atoms with Crippen LogP contribution in [0.25, 0.3) is 11.3 Å². The first-order valence-electron chi connectivity index (χ1n) is 10.6. The van der Waals surface area contributed by atoms with Crippen LogP contribution in [0.1, 0.15) is 18.4 Å². The Balaban J connectivity index is 1.26. The number of piperidine rings is 1. The van der Waals surface area contributed by atoms with E-state index in [2.05, 4.69) is 10.3 Å². The number of rotatable bonds is 5. The van der Waals surface area contributed by atoms with Gasteiger partial charge in [-0.05, 0) is 50.1 Å². The van der Waals surface area contributed by atoms with E-state index in [0.29, 0.717) is 36.0 Å². The van der Waals surface area contributed by atoms with Gasteiger partial charge in [0.25, 0.3) is 0 Å². The average molecular weight is 486 g/mol. The molecule has 1 fully saturated rings. The number of hydrogen-bond donors (Lipinski definition) is 1. The van der Waals surface area contributed by atoms with Gasteiger partial charge < -0.3 is 14.8 Å². The molecule has 2 aliphatic rings. The van der Waals surface area contributed by atoms with E-state index in [9.17, 15) is 13.2 Å². The number of thiazole rings is 1. The third-order valence-electron chi connectivity index (χ3n) is 5.82. The molecule has 3 heterocycles. The second-order valence-electron chi connectivity index (χ2n) is 8.11. The number of sulfonamides is 1. The zero-order valence-electron chi connectivity index (χ0n) is 18.0. The molecule has 2 aliphatic heterocycles. The fraction of sp³-hybridized carbons (Fsp3) is 0.304. The minimum Gasteiger partial charge on any atom is -0.454 e. The van der Waals surface area contributed by atoms with Crippen molar-refractivity contribution in [1.82, 2.24) is 9.29 Å². The maximum atomic E-state index is 13.0. The molecule has 0 spiro atoms. The maximum Gasteiger partial charge on any atom is 0.243 e. The topological polar surface area (TPSA) is 97.8 Å². The molecule has 8 nitrogen and oxygen atoms in total. The Bertz CT molecular complexity index is 1290. The van der Waals surface area contributed by atoms with E-state index >= 15 is 0 Å². The fourth-order valence-corrected chi connectivity index (χ4v) is 6.21. The lowest BCUT2D eigenvalue weighted by Gasteiger charge is -2.31. The van der Waals surface area contributed by atoms with Crippen LogP contribution in [0.2, 0.25) is 0 Å². The summed E-state index contributed by atoms with van der Waals surface area (Å²) < 4.78 is 38.2. The van der Waals surface area contributed by atoms with Gasteiger partial charge in [0, 0.05) is 24.0 Å². The van der Waals surface area contributed by atoms with Crippen molar-refractivity contribution in [1.29, 1.82) is 0 Å². The zero-order chi connectivity index (χ0) is 23.0. The number of fused-ring (bicyclic) bond motifs is 1. The summed E-state index contributed by atoms with van der Waals surface area (Å²) in [6.45, 7) is 2.68. The predicted octanol–water partition coefficient (Wildman–Crippen LogP) is 3.89. The Morgan fingerprint density at radius 2 is 1.94 bits per heavy atom. The predicted molar refractivity (Wildman–Crippen MR) is 125 cm³/mol. The Labute approximate surface area is 196 Å². The lowest BCUT2D eigenvalue weighted by Crippen LogP contribution is -2.43. The van der Waals surface area contributed by atoms with Gasteiger partial charge in [0.05, 0.1) is 16.5 Å². The van der Waals surface area contributed by atoms with Gasteiger partial charge in [0.2, 0.25) is 22.7 Å². The van der Waals surface area contributed by atoms with E-state index in [1.165, 1.54) is 15.6 Å². The van der Waals surface area contributed by atoms with Gasteiger partial charge in [-0.25, -0.2) is 13.4 Å². The summed E-state index contributed by atoms with van der Waals surface area (Å²) in [5.41, 5.74) is 2.58. The van der Waals surface area contributed by atoms with E-state index in [4.69, 9.17) is 9.47 Å². The Morgan fingerprint density at radius 1 is 1.15 bits per heavy atom. The van der Waals surface area contributed by atoms with Crippen molar-refractivity contribution < 1.29 is 22.7 Å². The quantitative estimate of drug-likeness (QED) is 0.589. The molecule has 33 heavy (non-hydrogen) atoms. The lowest BCUT2D eigenvalue weighted by atomic mass is 9.99. The highest BCUT2D eigenvalue weighted by Crippen LogP contribution is 2.36. The van der Waals surface area contributed by atoms with Crippen LogP contribution in [0.5, 0.6) is 11.5 Å². The minimum absolute atomic E-state index is 0.155. The molecule has 3 aromatic rings. The average Bonchev–Trinajstić information content (AvgIpc) is 3.48. The van der Waals surface area contributed by atoms with Gasteiger partial charge in [0.15, 0.2) is 16.6 Å². The standard InChI is InChI=1S/C23H23N3O5S2/c1-15-4-7-18(8-5-15)33(28,29)26-10-2-3-17(12-26)22(27)25-23-24-19(13-32-23)16-6-9-20-21(11-16)31-14-30-20/h4-9,11,13,17H,2-3,10,12,14H2,1H3,(H,24,25,27). The molecule has 0 saturated carbocycles. The van der Waals surface area contributed by atoms with Crippen LogP contribution in [0, 0.1) is 12.8 Å². The van der Waals surface area contributed by atoms with Crippen molar-refractivity contribution in [3.63, 3.8) is 0 Å². The summed E-state index contributed by atoms with van der Waals surface area (Å²) in [6.07, 6.45) is 1.26. The van der Waals surface area contributed by atoms with Crippen LogP contribution in [0.15, 0.2) is 52.7 Å². The molecule has 0 radical (unpaired) electrons. The van der Waals surface area contributed by atoms with Gasteiger partial charge in [-0.1, -0.05) is 17.7 Å². The van der Waals surface area contributed by atoms with Crippen molar-refractivity contribution >= 4 is 32.4 Å². The van der Waals surface area contributed by atoms with Crippen molar-refractivity contribution in [2.75, 3.05) is 25.2 Å². The molecule has 1 saturated heterocycles. The number of hydrogen-bond acceptors (Lipinski definition) is 7. The molecule has 2 aromatic carbocycles. The Kier molecular flexibility index (Phi) is 5.81. The number of amides is 1. The van der Waals surface area contributed by atoms with Crippen molar-refractivity contribution in [3.05, 3.63) is 53.4 Å². The molecule has 0 aliphatic carbocycles. The molecule has 1 aromatic heterocycles. The first kappa shape index (κ1) is 21.9. The number of anilines is 1. The van der Waals surface area contributed by atoms with Gasteiger partial charge in [0.1, 0.15) is 0 Å². The summed E-state index contributed by atoms with van der Waals surface area (Å²) in [5.74, 6) is 0.718. The maximum absolute atomic E-state index is 13.0. The second kappa shape index (κ2) is 8.77. The van der Waals surface area contributed by atoms with E-state index < -0.39 is 15.9 Å². The number of benzene rings is 2. The van der Waals surface area contributed by atoms with Crippen molar-refractivity contribution in [2.45, 2.75) is 24.7 Å². The molecule has 0 bridgehead atoms. The smallest absolute Gasteiger partial charge is 0.243 e. The number of nitrogens with zero attached hydrogens (tertiary/aromatic N) is 2. The van der Waals surface area contributed by atoms with Crippen molar-refractivity contribution in [3.8, 4) is 22.8 Å². The van der Waals surface area contributed by atoms with Gasteiger partial charge in [-0.3, -0.25) is 4.79 Å². The summed E-state index contributed by atoms with van der Waals surface area (Å²) >= 11 is 1.33. The molecule has 172 valence electrons. The molecule has 10 heteroatoms. The monoisotopic (exact) mass is 485 g/mol. The Hall–Kier alpha value is -2.95. The van der Waals surface area contributed by atoms with E-state index in [1.54, 1.807) is 24.3 Å². The molecule has 1 atom stereocenters. The fourth-order valence-electron chi connectivity index (χ4n) is 3.96. The van der Waals surface area contributed by atoms with E-state index in [0.717, 1.165) is 16.8 Å². The largest absolute Gasteiger partial charge is 0.454 e. The molecule has 1 unspecified atom stereocenters. The lowest BCUT2D eigenvalue weighted by molar-refractivity contribution is -0.120. The third kappa shape index (κ3) is 4.46. The number of nitrogens with one attached hydrogen (secondary N) is 1. The van der Waals surface area contributed by atoms with E-state index in [-0.39, 0.29) is 24.1 Å². The van der Waals surface area contributed by atoms with E-state index in [1.807, 2.05) is 30.5 Å². The number of carbonyl (C=O) groups excluding carboxylic acids is 1. The minimum atomic E-state index is -3.64. The van der Waals surface area contributed by atoms with Crippen LogP contribution in [-0.2, 0) is 14.8 Å². The van der Waals surface area contributed by atoms with Gasteiger partial charge in [-0.15, -0.1) is 11.3 Å². The number of aryl methyl sites for hydroxylation is 1. The summed E-state index contributed by atoms with van der Waals surface area (Å²) in [7, 11) is -3.64. The molecular weight excluding hydrogens is 462 g/mol. The second-order valence-corrected chi connectivity index (χ2v) is 10.9. The number of carbonyl (C=O) groups is 1. The van der Waals surface area contributed by atoms with Crippen LogP contribution < -0.4 is 14.8 Å². The van der Waals surface area contributed by atoms with Crippen LogP contribution in [-0.4, -0.2) is 43.5 Å². The Morgan fingerprint density at radius 3 is 2.76 bits per heavy atom. The first-order chi connectivity index (χ1) is 15.9. The highest BCUT2D eigenvalue weighted by molar-refractivity contribution is 7.89. The molecular formula is C23H23N3O5S2. The van der Waals surface area contributed by atoms with Gasteiger partial charge >= 0.3 is 0 Å². The normalized spacial score (nSPS) is 18.3. The highest BCUT2D eigenvalue weighted by atomic mass is 32.2. The van der Waals surface area contributed by atoms with Crippen LogP contribution in [0.3, 0.4) is 0 Å².